The largest absolute Gasteiger partial charge is 0.486 e. The standard InChI is InChI=1S/C23H22ClN5O3S/c1-12-6-16(7-13(2)21(12)24)32-10-20-27-28-23(29(20)3)33-11-15-9-19(30)17-8-14(22(25)31)4-5-18(17)26-15/h4-9H,10-11H2,1-3H3,(H2,25,31)(H,26,30). The first-order valence-electron chi connectivity index (χ1n) is 10.1. The number of carbonyl (C=O) groups is 1. The van der Waals surface area contributed by atoms with Crippen LogP contribution in [0, 0.1) is 13.8 Å². The van der Waals surface area contributed by atoms with E-state index >= 15 is 0 Å². The van der Waals surface area contributed by atoms with Crippen molar-refractivity contribution in [3.05, 3.63) is 79.9 Å². The monoisotopic (exact) mass is 483 g/mol. The van der Waals surface area contributed by atoms with Gasteiger partial charge in [0.05, 0.1) is 0 Å². The zero-order valence-electron chi connectivity index (χ0n) is 18.3. The second-order valence-electron chi connectivity index (χ2n) is 7.69. The molecule has 4 rings (SSSR count). The number of carbonyl (C=O) groups excluding carboxylic acids is 1. The summed E-state index contributed by atoms with van der Waals surface area (Å²) in [4.78, 5) is 27.1. The molecule has 4 aromatic rings. The van der Waals surface area contributed by atoms with Gasteiger partial charge in [-0.3, -0.25) is 9.59 Å². The van der Waals surface area contributed by atoms with Gasteiger partial charge in [0.2, 0.25) is 5.91 Å². The molecule has 10 heteroatoms. The Morgan fingerprint density at radius 3 is 2.61 bits per heavy atom. The number of halogens is 1. The van der Waals surface area contributed by atoms with Gasteiger partial charge < -0.3 is 20.0 Å². The number of fused-ring (bicyclic) bond motifs is 1. The van der Waals surface area contributed by atoms with Crippen LogP contribution in [0.25, 0.3) is 10.9 Å². The highest BCUT2D eigenvalue weighted by Gasteiger charge is 2.12. The molecule has 0 saturated heterocycles. The Hall–Kier alpha value is -3.30. The van der Waals surface area contributed by atoms with Crippen LogP contribution in [0.2, 0.25) is 5.02 Å². The molecule has 0 radical (unpaired) electrons. The lowest BCUT2D eigenvalue weighted by Crippen LogP contribution is -2.12. The zero-order valence-corrected chi connectivity index (χ0v) is 19.9. The molecule has 0 atom stereocenters. The number of benzene rings is 2. The summed E-state index contributed by atoms with van der Waals surface area (Å²) in [7, 11) is 1.87. The van der Waals surface area contributed by atoms with Crippen molar-refractivity contribution in [3.8, 4) is 5.75 Å². The van der Waals surface area contributed by atoms with Crippen molar-refractivity contribution in [1.29, 1.82) is 0 Å². The first-order chi connectivity index (χ1) is 15.7. The summed E-state index contributed by atoms with van der Waals surface area (Å²) < 4.78 is 7.74. The molecule has 0 fully saturated rings. The van der Waals surface area contributed by atoms with E-state index in [4.69, 9.17) is 22.1 Å². The number of amides is 1. The predicted octanol–water partition coefficient (Wildman–Crippen LogP) is 3.90. The van der Waals surface area contributed by atoms with Crippen LogP contribution in [0.15, 0.2) is 46.3 Å². The van der Waals surface area contributed by atoms with E-state index in [1.54, 1.807) is 12.1 Å². The number of H-pyrrole nitrogens is 1. The minimum Gasteiger partial charge on any atom is -0.486 e. The maximum atomic E-state index is 12.5. The van der Waals surface area contributed by atoms with Crippen LogP contribution >= 0.6 is 23.4 Å². The highest BCUT2D eigenvalue weighted by Crippen LogP contribution is 2.27. The van der Waals surface area contributed by atoms with Crippen molar-refractivity contribution in [3.63, 3.8) is 0 Å². The van der Waals surface area contributed by atoms with E-state index in [9.17, 15) is 9.59 Å². The number of thioether (sulfide) groups is 1. The van der Waals surface area contributed by atoms with E-state index in [2.05, 4.69) is 15.2 Å². The Kier molecular flexibility index (Phi) is 6.44. The average molecular weight is 484 g/mol. The predicted molar refractivity (Wildman–Crippen MR) is 129 cm³/mol. The van der Waals surface area contributed by atoms with E-state index in [0.29, 0.717) is 33.2 Å². The number of aromatic amines is 1. The summed E-state index contributed by atoms with van der Waals surface area (Å²) in [6, 6.07) is 10.1. The maximum Gasteiger partial charge on any atom is 0.248 e. The summed E-state index contributed by atoms with van der Waals surface area (Å²) in [5, 5.41) is 10.3. The minimum absolute atomic E-state index is 0.178. The highest BCUT2D eigenvalue weighted by molar-refractivity contribution is 7.98. The number of nitrogens with zero attached hydrogens (tertiary/aromatic N) is 3. The summed E-state index contributed by atoms with van der Waals surface area (Å²) in [5.74, 6) is 1.32. The lowest BCUT2D eigenvalue weighted by Gasteiger charge is -2.10. The van der Waals surface area contributed by atoms with Gasteiger partial charge in [-0.2, -0.15) is 0 Å². The number of nitrogens with one attached hydrogen (secondary N) is 1. The van der Waals surface area contributed by atoms with E-state index in [1.807, 2.05) is 37.6 Å². The average Bonchev–Trinajstić information content (AvgIpc) is 3.13. The van der Waals surface area contributed by atoms with Gasteiger partial charge in [-0.15, -0.1) is 10.2 Å². The van der Waals surface area contributed by atoms with E-state index in [0.717, 1.165) is 27.6 Å². The fourth-order valence-electron chi connectivity index (χ4n) is 3.41. The third-order valence-electron chi connectivity index (χ3n) is 5.23. The number of hydrogen-bond donors (Lipinski definition) is 2. The van der Waals surface area contributed by atoms with Crippen molar-refractivity contribution in [2.75, 3.05) is 0 Å². The topological polar surface area (TPSA) is 116 Å². The Balaban J connectivity index is 1.45. The molecule has 0 aliphatic rings. The van der Waals surface area contributed by atoms with Crippen LogP contribution in [-0.2, 0) is 19.4 Å². The Morgan fingerprint density at radius 2 is 1.91 bits per heavy atom. The molecule has 0 saturated carbocycles. The van der Waals surface area contributed by atoms with Crippen LogP contribution in [0.1, 0.15) is 33.0 Å². The molecule has 8 nitrogen and oxygen atoms in total. The van der Waals surface area contributed by atoms with Crippen LogP contribution in [0.5, 0.6) is 5.75 Å². The van der Waals surface area contributed by atoms with Gasteiger partial charge in [-0.1, -0.05) is 23.4 Å². The Morgan fingerprint density at radius 1 is 1.18 bits per heavy atom. The van der Waals surface area contributed by atoms with Gasteiger partial charge in [0, 0.05) is 46.0 Å². The third kappa shape index (κ3) is 4.89. The van der Waals surface area contributed by atoms with E-state index < -0.39 is 5.91 Å². The summed E-state index contributed by atoms with van der Waals surface area (Å²) >= 11 is 7.66. The number of hydrogen-bond acceptors (Lipinski definition) is 6. The lowest BCUT2D eigenvalue weighted by molar-refractivity contribution is 0.100. The number of nitrogens with two attached hydrogens (primary N) is 1. The summed E-state index contributed by atoms with van der Waals surface area (Å²) in [6.07, 6.45) is 0. The van der Waals surface area contributed by atoms with Crippen molar-refractivity contribution in [2.45, 2.75) is 31.4 Å². The number of rotatable bonds is 7. The second-order valence-corrected chi connectivity index (χ2v) is 9.01. The maximum absolute atomic E-state index is 12.5. The lowest BCUT2D eigenvalue weighted by atomic mass is 10.1. The van der Waals surface area contributed by atoms with Crippen LogP contribution in [0.4, 0.5) is 0 Å². The highest BCUT2D eigenvalue weighted by atomic mass is 35.5. The Labute approximate surface area is 199 Å². The van der Waals surface area contributed by atoms with E-state index in [1.165, 1.54) is 23.9 Å². The molecule has 2 aromatic heterocycles. The number of primary amides is 1. The quantitative estimate of drug-likeness (QED) is 0.385. The molecule has 0 spiro atoms. The van der Waals surface area contributed by atoms with Crippen molar-refractivity contribution >= 4 is 40.2 Å². The van der Waals surface area contributed by atoms with Gasteiger partial charge in [-0.05, 0) is 55.3 Å². The van der Waals surface area contributed by atoms with Crippen LogP contribution in [0.3, 0.4) is 0 Å². The number of pyridine rings is 1. The van der Waals surface area contributed by atoms with Crippen LogP contribution < -0.4 is 15.9 Å². The molecule has 3 N–H and O–H groups in total. The minimum atomic E-state index is -0.570. The summed E-state index contributed by atoms with van der Waals surface area (Å²) in [6.45, 7) is 4.14. The molecular formula is C23H22ClN5O3S. The van der Waals surface area contributed by atoms with Gasteiger partial charge in [0.25, 0.3) is 0 Å². The van der Waals surface area contributed by atoms with Gasteiger partial charge in [0.1, 0.15) is 12.4 Å². The summed E-state index contributed by atoms with van der Waals surface area (Å²) in [5.41, 5.74) is 8.71. The molecule has 170 valence electrons. The zero-order chi connectivity index (χ0) is 23.7. The molecule has 1 amide bonds. The fraction of sp³-hybridized carbons (Fsp3) is 0.217. The first kappa shape index (κ1) is 22.9. The Bertz CT molecular complexity index is 1410. The normalized spacial score (nSPS) is 11.2. The van der Waals surface area contributed by atoms with Gasteiger partial charge in [0.15, 0.2) is 16.4 Å². The SMILES string of the molecule is Cc1cc(OCc2nnc(SCc3cc(=O)c4cc(C(N)=O)ccc4[nH]3)n2C)cc(C)c1Cl. The smallest absolute Gasteiger partial charge is 0.248 e. The van der Waals surface area contributed by atoms with Gasteiger partial charge in [-0.25, -0.2) is 0 Å². The molecule has 33 heavy (non-hydrogen) atoms. The van der Waals surface area contributed by atoms with Gasteiger partial charge >= 0.3 is 0 Å². The number of aryl methyl sites for hydroxylation is 2. The second kappa shape index (κ2) is 9.29. The van der Waals surface area contributed by atoms with Crippen molar-refractivity contribution in [2.24, 2.45) is 12.8 Å². The molecular weight excluding hydrogens is 462 g/mol. The molecule has 2 heterocycles. The van der Waals surface area contributed by atoms with Crippen LogP contribution in [-0.4, -0.2) is 25.7 Å². The fourth-order valence-corrected chi connectivity index (χ4v) is 4.36. The number of aromatic nitrogens is 4. The molecule has 0 aliphatic heterocycles. The third-order valence-corrected chi connectivity index (χ3v) is 6.90. The molecule has 0 unspecified atom stereocenters. The van der Waals surface area contributed by atoms with Crippen molar-refractivity contribution in [1.82, 2.24) is 19.7 Å². The molecule has 0 bridgehead atoms. The first-order valence-corrected chi connectivity index (χ1v) is 11.5. The van der Waals surface area contributed by atoms with Crippen molar-refractivity contribution < 1.29 is 9.53 Å². The number of ether oxygens (including phenoxy) is 1. The molecule has 2 aromatic carbocycles. The molecule has 0 aliphatic carbocycles. The van der Waals surface area contributed by atoms with E-state index in [-0.39, 0.29) is 12.0 Å².